The maximum atomic E-state index is 10.5. The maximum absolute atomic E-state index is 10.5. The Bertz CT molecular complexity index is 422. The van der Waals surface area contributed by atoms with Gasteiger partial charge >= 0.3 is 10.4 Å². The van der Waals surface area contributed by atoms with Gasteiger partial charge in [-0.1, -0.05) is 24.3 Å². The second kappa shape index (κ2) is 4.26. The van der Waals surface area contributed by atoms with Gasteiger partial charge in [0.05, 0.1) is 0 Å². The number of rotatable bonds is 4. The quantitative estimate of drug-likeness (QED) is 0.610. The highest BCUT2D eigenvalue weighted by atomic mass is 32.3. The van der Waals surface area contributed by atoms with Crippen molar-refractivity contribution in [2.45, 2.75) is 6.42 Å². The van der Waals surface area contributed by atoms with Gasteiger partial charge in [0, 0.05) is 0 Å². The second-order valence-corrected chi connectivity index (χ2v) is 3.63. The van der Waals surface area contributed by atoms with Gasteiger partial charge in [0.1, 0.15) is 5.75 Å². The summed E-state index contributed by atoms with van der Waals surface area (Å²) < 4.78 is 33.8. The third-order valence-corrected chi connectivity index (χ3v) is 1.92. The van der Waals surface area contributed by atoms with Crippen LogP contribution in [0.3, 0.4) is 0 Å². The van der Waals surface area contributed by atoms with Crippen LogP contribution in [0.1, 0.15) is 5.56 Å². The minimum Gasteiger partial charge on any atom is -0.362 e. The van der Waals surface area contributed by atoms with Gasteiger partial charge in [-0.25, -0.2) is 0 Å². The standard InChI is InChI=1S/C9H10O4S/c1-2-5-8-6-3-4-7-9(8)13-14(10,11)12/h2-4,6-7H,1,5H2,(H,10,11,12). The minimum absolute atomic E-state index is 0.120. The molecule has 1 rings (SSSR count). The van der Waals surface area contributed by atoms with Gasteiger partial charge in [-0.15, -0.1) is 6.58 Å². The van der Waals surface area contributed by atoms with E-state index in [0.29, 0.717) is 12.0 Å². The highest BCUT2D eigenvalue weighted by Crippen LogP contribution is 2.19. The van der Waals surface area contributed by atoms with Crippen molar-refractivity contribution >= 4 is 10.4 Å². The fourth-order valence-corrected chi connectivity index (χ4v) is 1.41. The highest BCUT2D eigenvalue weighted by molar-refractivity contribution is 7.81. The molecule has 0 aliphatic heterocycles. The molecule has 5 heteroatoms. The van der Waals surface area contributed by atoms with E-state index in [-0.39, 0.29) is 5.75 Å². The monoisotopic (exact) mass is 214 g/mol. The van der Waals surface area contributed by atoms with Gasteiger partial charge in [0.2, 0.25) is 0 Å². The van der Waals surface area contributed by atoms with Crippen molar-refractivity contribution in [3.63, 3.8) is 0 Å². The van der Waals surface area contributed by atoms with E-state index < -0.39 is 10.4 Å². The van der Waals surface area contributed by atoms with Crippen molar-refractivity contribution in [1.29, 1.82) is 0 Å². The van der Waals surface area contributed by atoms with Crippen molar-refractivity contribution in [3.05, 3.63) is 42.5 Å². The van der Waals surface area contributed by atoms with Crippen LogP contribution in [0.25, 0.3) is 0 Å². The van der Waals surface area contributed by atoms with E-state index in [1.807, 2.05) is 0 Å². The van der Waals surface area contributed by atoms with Crippen LogP contribution in [0.2, 0.25) is 0 Å². The molecule has 0 aromatic heterocycles. The zero-order valence-electron chi connectivity index (χ0n) is 7.38. The summed E-state index contributed by atoms with van der Waals surface area (Å²) in [5.74, 6) is 0.120. The van der Waals surface area contributed by atoms with Crippen molar-refractivity contribution < 1.29 is 17.2 Å². The number of para-hydroxylation sites is 1. The van der Waals surface area contributed by atoms with E-state index in [9.17, 15) is 8.42 Å². The lowest BCUT2D eigenvalue weighted by atomic mass is 10.1. The summed E-state index contributed by atoms with van der Waals surface area (Å²) in [6.07, 6.45) is 2.10. The lowest BCUT2D eigenvalue weighted by molar-refractivity contribution is 0.385. The Hall–Kier alpha value is -1.33. The molecule has 0 fully saturated rings. The minimum atomic E-state index is -4.45. The number of benzene rings is 1. The Morgan fingerprint density at radius 1 is 1.43 bits per heavy atom. The third kappa shape index (κ3) is 3.20. The normalized spacial score (nSPS) is 10.9. The van der Waals surface area contributed by atoms with Gasteiger partial charge in [0.15, 0.2) is 0 Å². The van der Waals surface area contributed by atoms with Gasteiger partial charge in [-0.05, 0) is 18.1 Å². The van der Waals surface area contributed by atoms with E-state index in [4.69, 9.17) is 4.55 Å². The van der Waals surface area contributed by atoms with E-state index in [0.717, 1.165) is 0 Å². The average molecular weight is 214 g/mol. The molecule has 1 aromatic rings. The zero-order valence-corrected chi connectivity index (χ0v) is 8.20. The predicted molar refractivity (Wildman–Crippen MR) is 52.5 cm³/mol. The van der Waals surface area contributed by atoms with Crippen molar-refractivity contribution in [1.82, 2.24) is 0 Å². The van der Waals surface area contributed by atoms with Crippen LogP contribution in [0.4, 0.5) is 0 Å². The molecule has 0 aliphatic carbocycles. The highest BCUT2D eigenvalue weighted by Gasteiger charge is 2.09. The Kier molecular flexibility index (Phi) is 3.27. The molecule has 0 heterocycles. The molecule has 0 unspecified atom stereocenters. The van der Waals surface area contributed by atoms with Crippen LogP contribution in [-0.2, 0) is 16.8 Å². The van der Waals surface area contributed by atoms with Crippen molar-refractivity contribution in [2.24, 2.45) is 0 Å². The van der Waals surface area contributed by atoms with Gasteiger partial charge in [-0.3, -0.25) is 4.55 Å². The lowest BCUT2D eigenvalue weighted by Crippen LogP contribution is -2.08. The molecule has 0 saturated carbocycles. The summed E-state index contributed by atoms with van der Waals surface area (Å²) >= 11 is 0. The fraction of sp³-hybridized carbons (Fsp3) is 0.111. The van der Waals surface area contributed by atoms with Gasteiger partial charge in [-0.2, -0.15) is 8.42 Å². The molecule has 0 spiro atoms. The molecule has 0 saturated heterocycles. The first-order valence-corrected chi connectivity index (χ1v) is 5.25. The first-order chi connectivity index (χ1) is 6.53. The molecule has 1 N–H and O–H groups in total. The first kappa shape index (κ1) is 10.7. The van der Waals surface area contributed by atoms with E-state index in [1.54, 1.807) is 24.3 Å². The van der Waals surface area contributed by atoms with Gasteiger partial charge < -0.3 is 4.18 Å². The Balaban J connectivity index is 3.01. The summed E-state index contributed by atoms with van der Waals surface area (Å²) in [4.78, 5) is 0. The summed E-state index contributed by atoms with van der Waals surface area (Å²) in [5.41, 5.74) is 0.653. The van der Waals surface area contributed by atoms with E-state index in [1.165, 1.54) is 6.07 Å². The zero-order chi connectivity index (χ0) is 10.6. The Labute approximate surface area is 82.8 Å². The second-order valence-electron chi connectivity index (χ2n) is 2.61. The Morgan fingerprint density at radius 2 is 2.07 bits per heavy atom. The molecule has 0 aliphatic rings. The summed E-state index contributed by atoms with van der Waals surface area (Å²) in [7, 11) is -4.45. The third-order valence-electron chi connectivity index (χ3n) is 1.53. The molecule has 0 bridgehead atoms. The molecule has 0 radical (unpaired) electrons. The summed E-state index contributed by atoms with van der Waals surface area (Å²) in [6.45, 7) is 3.53. The van der Waals surface area contributed by atoms with Crippen LogP contribution in [0.15, 0.2) is 36.9 Å². The molecule has 4 nitrogen and oxygen atoms in total. The number of hydrogen-bond acceptors (Lipinski definition) is 3. The SMILES string of the molecule is C=CCc1ccccc1OS(=O)(=O)O. The molecule has 0 amide bonds. The molecule has 14 heavy (non-hydrogen) atoms. The van der Waals surface area contributed by atoms with E-state index >= 15 is 0 Å². The van der Waals surface area contributed by atoms with Crippen LogP contribution in [0.5, 0.6) is 5.75 Å². The average Bonchev–Trinajstić information content (AvgIpc) is 2.06. The molecule has 0 atom stereocenters. The van der Waals surface area contributed by atoms with Crippen LogP contribution in [-0.4, -0.2) is 13.0 Å². The number of allylic oxidation sites excluding steroid dienone is 1. The van der Waals surface area contributed by atoms with Crippen molar-refractivity contribution in [3.8, 4) is 5.75 Å². The van der Waals surface area contributed by atoms with E-state index in [2.05, 4.69) is 10.8 Å². The van der Waals surface area contributed by atoms with Crippen LogP contribution >= 0.6 is 0 Å². The molecule has 1 aromatic carbocycles. The molecular formula is C9H10O4S. The first-order valence-electron chi connectivity index (χ1n) is 3.88. The van der Waals surface area contributed by atoms with Crippen LogP contribution < -0.4 is 4.18 Å². The largest absolute Gasteiger partial charge is 0.446 e. The fourth-order valence-electron chi connectivity index (χ4n) is 1.02. The number of hydrogen-bond donors (Lipinski definition) is 1. The smallest absolute Gasteiger partial charge is 0.362 e. The predicted octanol–water partition coefficient (Wildman–Crippen LogP) is 1.60. The van der Waals surface area contributed by atoms with Gasteiger partial charge in [0.25, 0.3) is 0 Å². The molecular weight excluding hydrogens is 204 g/mol. The van der Waals surface area contributed by atoms with Crippen LogP contribution in [0, 0.1) is 0 Å². The summed E-state index contributed by atoms with van der Waals surface area (Å²) in [5, 5.41) is 0. The lowest BCUT2D eigenvalue weighted by Gasteiger charge is -2.05. The summed E-state index contributed by atoms with van der Waals surface area (Å²) in [6, 6.07) is 6.53. The Morgan fingerprint density at radius 3 is 2.64 bits per heavy atom. The molecule has 76 valence electrons. The maximum Gasteiger partial charge on any atom is 0.446 e. The van der Waals surface area contributed by atoms with Crippen molar-refractivity contribution in [2.75, 3.05) is 0 Å². The topological polar surface area (TPSA) is 63.6 Å².